The van der Waals surface area contributed by atoms with Gasteiger partial charge in [0.15, 0.2) is 27.9 Å². The summed E-state index contributed by atoms with van der Waals surface area (Å²) in [5.41, 5.74) is 1.85. The Morgan fingerprint density at radius 3 is 2.54 bits per heavy atom. The monoisotopic (exact) mass is 490 g/mol. The maximum Gasteiger partial charge on any atom is 0.294 e. The summed E-state index contributed by atoms with van der Waals surface area (Å²) in [5.74, 6) is 0.880. The molecule has 35 heavy (non-hydrogen) atoms. The van der Waals surface area contributed by atoms with Gasteiger partial charge in [-0.25, -0.2) is 9.67 Å². The molecular formula is C25H22N4O5S. The van der Waals surface area contributed by atoms with Crippen LogP contribution in [0.2, 0.25) is 0 Å². The summed E-state index contributed by atoms with van der Waals surface area (Å²) < 4.78 is 18.5. The molecule has 0 saturated carbocycles. The number of thiazole rings is 1. The van der Waals surface area contributed by atoms with Gasteiger partial charge in [-0.15, -0.1) is 0 Å². The third-order valence-electron chi connectivity index (χ3n) is 5.98. The molecule has 0 bridgehead atoms. The highest BCUT2D eigenvalue weighted by atomic mass is 32.1. The number of hydrogen-bond acceptors (Lipinski definition) is 9. The van der Waals surface area contributed by atoms with Crippen molar-refractivity contribution < 1.29 is 19.0 Å². The molecular weight excluding hydrogens is 468 g/mol. The SMILES string of the molecule is O=C(Cn1nc(-c2ccccc2)c2sc(N3CCOCC3)nc2c1=O)c1ccc2c(c1)OCCO2. The molecule has 4 heterocycles. The first-order valence-electron chi connectivity index (χ1n) is 11.4. The van der Waals surface area contributed by atoms with Crippen molar-refractivity contribution in [1.29, 1.82) is 0 Å². The van der Waals surface area contributed by atoms with Crippen LogP contribution in [0.25, 0.3) is 21.5 Å². The highest BCUT2D eigenvalue weighted by Crippen LogP contribution is 2.34. The van der Waals surface area contributed by atoms with E-state index >= 15 is 0 Å². The molecule has 0 atom stereocenters. The fourth-order valence-electron chi connectivity index (χ4n) is 4.17. The van der Waals surface area contributed by atoms with Crippen LogP contribution in [0.4, 0.5) is 5.13 Å². The predicted molar refractivity (Wildman–Crippen MR) is 132 cm³/mol. The number of carbonyl (C=O) groups excluding carboxylic acids is 1. The molecule has 0 N–H and O–H groups in total. The fraction of sp³-hybridized carbons (Fsp3) is 0.280. The van der Waals surface area contributed by atoms with E-state index in [1.54, 1.807) is 18.2 Å². The van der Waals surface area contributed by atoms with Crippen LogP contribution >= 0.6 is 11.3 Å². The van der Waals surface area contributed by atoms with Gasteiger partial charge in [-0.3, -0.25) is 9.59 Å². The Labute approximate surface area is 204 Å². The molecule has 0 spiro atoms. The molecule has 178 valence electrons. The Morgan fingerprint density at radius 1 is 0.971 bits per heavy atom. The lowest BCUT2D eigenvalue weighted by molar-refractivity contribution is 0.0965. The normalized spacial score (nSPS) is 15.4. The van der Waals surface area contributed by atoms with E-state index in [0.717, 1.165) is 10.7 Å². The second-order valence-corrected chi connectivity index (χ2v) is 9.21. The average molecular weight is 491 g/mol. The summed E-state index contributed by atoms with van der Waals surface area (Å²) in [4.78, 5) is 33.4. The topological polar surface area (TPSA) is 95.8 Å². The third kappa shape index (κ3) is 4.15. The first kappa shape index (κ1) is 21.8. The molecule has 1 saturated heterocycles. The van der Waals surface area contributed by atoms with Gasteiger partial charge in [-0.05, 0) is 18.2 Å². The molecule has 0 aliphatic carbocycles. The van der Waals surface area contributed by atoms with Gasteiger partial charge in [0.25, 0.3) is 5.56 Å². The summed E-state index contributed by atoms with van der Waals surface area (Å²) in [6.07, 6.45) is 0. The van der Waals surface area contributed by atoms with Crippen molar-refractivity contribution in [2.45, 2.75) is 6.54 Å². The van der Waals surface area contributed by atoms with Crippen LogP contribution in [-0.2, 0) is 11.3 Å². The van der Waals surface area contributed by atoms with Crippen LogP contribution < -0.4 is 19.9 Å². The number of morpholine rings is 1. The molecule has 2 aromatic carbocycles. The van der Waals surface area contributed by atoms with Crippen LogP contribution in [0, 0.1) is 0 Å². The molecule has 0 radical (unpaired) electrons. The van der Waals surface area contributed by atoms with Crippen molar-refractivity contribution in [1.82, 2.24) is 14.8 Å². The second kappa shape index (κ2) is 9.12. The van der Waals surface area contributed by atoms with Crippen molar-refractivity contribution in [2.75, 3.05) is 44.4 Å². The number of benzene rings is 2. The summed E-state index contributed by atoms with van der Waals surface area (Å²) in [6, 6.07) is 14.7. The number of carbonyl (C=O) groups is 1. The Morgan fingerprint density at radius 2 is 1.74 bits per heavy atom. The Kier molecular flexibility index (Phi) is 5.67. The van der Waals surface area contributed by atoms with Crippen LogP contribution in [0.15, 0.2) is 53.3 Å². The molecule has 2 aromatic heterocycles. The lowest BCUT2D eigenvalue weighted by atomic mass is 10.1. The number of nitrogens with zero attached hydrogens (tertiary/aromatic N) is 4. The molecule has 6 rings (SSSR count). The number of hydrogen-bond donors (Lipinski definition) is 0. The minimum absolute atomic E-state index is 0.210. The molecule has 9 nitrogen and oxygen atoms in total. The van der Waals surface area contributed by atoms with Crippen molar-refractivity contribution in [3.05, 3.63) is 64.4 Å². The van der Waals surface area contributed by atoms with E-state index in [9.17, 15) is 9.59 Å². The van der Waals surface area contributed by atoms with E-state index in [2.05, 4.69) is 15.0 Å². The summed E-state index contributed by atoms with van der Waals surface area (Å²) >= 11 is 1.45. The standard InChI is InChI=1S/C25H22N4O5S/c30-18(17-6-7-19-20(14-17)34-13-12-33-19)15-29-24(31)22-23(21(27-29)16-4-2-1-3-5-16)35-25(26-22)28-8-10-32-11-9-28/h1-7,14H,8-13,15H2. The first-order valence-corrected chi connectivity index (χ1v) is 12.2. The number of fused-ring (bicyclic) bond motifs is 2. The van der Waals surface area contributed by atoms with E-state index in [1.165, 1.54) is 16.0 Å². The maximum absolute atomic E-state index is 13.4. The van der Waals surface area contributed by atoms with E-state index in [1.807, 2.05) is 30.3 Å². The Hall–Kier alpha value is -3.76. The minimum atomic E-state index is -0.388. The first-order chi connectivity index (χ1) is 17.2. The summed E-state index contributed by atoms with van der Waals surface area (Å²) in [5, 5.41) is 5.40. The highest BCUT2D eigenvalue weighted by molar-refractivity contribution is 7.22. The Balaban J connectivity index is 1.41. The maximum atomic E-state index is 13.4. The van der Waals surface area contributed by atoms with Crippen molar-refractivity contribution >= 4 is 32.5 Å². The molecule has 0 amide bonds. The number of ether oxygens (including phenoxy) is 3. The van der Waals surface area contributed by atoms with Gasteiger partial charge in [0.05, 0.1) is 17.9 Å². The zero-order valence-electron chi connectivity index (χ0n) is 18.8. The zero-order chi connectivity index (χ0) is 23.8. The average Bonchev–Trinajstić information content (AvgIpc) is 3.37. The van der Waals surface area contributed by atoms with E-state index < -0.39 is 0 Å². The van der Waals surface area contributed by atoms with Crippen LogP contribution in [0.3, 0.4) is 0 Å². The fourth-order valence-corrected chi connectivity index (χ4v) is 5.29. The van der Waals surface area contributed by atoms with Gasteiger partial charge in [0, 0.05) is 24.2 Å². The lowest BCUT2D eigenvalue weighted by Crippen LogP contribution is -2.36. The van der Waals surface area contributed by atoms with Crippen LogP contribution in [0.1, 0.15) is 10.4 Å². The van der Waals surface area contributed by atoms with Gasteiger partial charge in [-0.1, -0.05) is 41.7 Å². The number of ketones is 1. The molecule has 2 aliphatic heterocycles. The zero-order valence-corrected chi connectivity index (χ0v) is 19.6. The van der Waals surface area contributed by atoms with Gasteiger partial charge < -0.3 is 19.1 Å². The second-order valence-electron chi connectivity index (χ2n) is 8.23. The van der Waals surface area contributed by atoms with Gasteiger partial charge in [0.1, 0.15) is 25.5 Å². The van der Waals surface area contributed by atoms with Crippen molar-refractivity contribution in [3.8, 4) is 22.8 Å². The van der Waals surface area contributed by atoms with E-state index in [0.29, 0.717) is 72.5 Å². The summed E-state index contributed by atoms with van der Waals surface area (Å²) in [7, 11) is 0. The molecule has 0 unspecified atom stereocenters. The molecule has 4 aromatic rings. The quantitative estimate of drug-likeness (QED) is 0.394. The summed E-state index contributed by atoms with van der Waals surface area (Å²) in [6.45, 7) is 3.36. The smallest absolute Gasteiger partial charge is 0.294 e. The van der Waals surface area contributed by atoms with Gasteiger partial charge >= 0.3 is 0 Å². The molecule has 2 aliphatic rings. The number of rotatable bonds is 5. The van der Waals surface area contributed by atoms with Crippen molar-refractivity contribution in [2.24, 2.45) is 0 Å². The lowest BCUT2D eigenvalue weighted by Gasteiger charge is -2.25. The number of aromatic nitrogens is 3. The third-order valence-corrected chi connectivity index (χ3v) is 7.10. The predicted octanol–water partition coefficient (Wildman–Crippen LogP) is 3.01. The largest absolute Gasteiger partial charge is 0.486 e. The Bertz CT molecular complexity index is 1460. The highest BCUT2D eigenvalue weighted by Gasteiger charge is 2.23. The van der Waals surface area contributed by atoms with Gasteiger partial charge in [-0.2, -0.15) is 5.10 Å². The van der Waals surface area contributed by atoms with Crippen LogP contribution in [0.5, 0.6) is 11.5 Å². The van der Waals surface area contributed by atoms with Gasteiger partial charge in [0.2, 0.25) is 0 Å². The van der Waals surface area contributed by atoms with E-state index in [-0.39, 0.29) is 17.9 Å². The van der Waals surface area contributed by atoms with Crippen molar-refractivity contribution in [3.63, 3.8) is 0 Å². The minimum Gasteiger partial charge on any atom is -0.486 e. The van der Waals surface area contributed by atoms with Crippen LogP contribution in [-0.4, -0.2) is 60.1 Å². The number of Topliss-reactive ketones (excluding diaryl/α,β-unsaturated/α-hetero) is 1. The molecule has 1 fully saturated rings. The molecule has 10 heteroatoms. The van der Waals surface area contributed by atoms with E-state index in [4.69, 9.17) is 14.2 Å². The number of anilines is 1.